The highest BCUT2D eigenvalue weighted by Crippen LogP contribution is 2.38. The van der Waals surface area contributed by atoms with Gasteiger partial charge in [-0.15, -0.1) is 0 Å². The van der Waals surface area contributed by atoms with Crippen molar-refractivity contribution in [2.24, 2.45) is 13.0 Å². The molecule has 1 fully saturated rings. The number of carbonyl (C=O) groups is 1. The second kappa shape index (κ2) is 6.42. The van der Waals surface area contributed by atoms with Crippen LogP contribution in [-0.4, -0.2) is 32.0 Å². The van der Waals surface area contributed by atoms with E-state index in [0.717, 1.165) is 11.1 Å². The summed E-state index contributed by atoms with van der Waals surface area (Å²) < 4.78 is 1.71. The summed E-state index contributed by atoms with van der Waals surface area (Å²) in [7, 11) is 1.84. The number of aliphatic hydroxyl groups excluding tert-OH is 1. The van der Waals surface area contributed by atoms with E-state index in [-0.39, 0.29) is 36.1 Å². The second-order valence-electron chi connectivity index (χ2n) is 6.22. The van der Waals surface area contributed by atoms with Crippen LogP contribution in [0.15, 0.2) is 36.7 Å². The highest BCUT2D eigenvalue weighted by atomic mass is 16.3. The minimum atomic E-state index is -0.276. The van der Waals surface area contributed by atoms with E-state index >= 15 is 0 Å². The molecule has 0 spiro atoms. The summed E-state index contributed by atoms with van der Waals surface area (Å²) >= 11 is 0. The lowest BCUT2D eigenvalue weighted by atomic mass is 9.75. The Kier molecular flexibility index (Phi) is 4.34. The lowest BCUT2D eigenvalue weighted by molar-refractivity contribution is -0.122. The summed E-state index contributed by atoms with van der Waals surface area (Å²) in [5.41, 5.74) is 1.72. The Morgan fingerprint density at radius 1 is 1.48 bits per heavy atom. The molecule has 1 aliphatic rings. The van der Waals surface area contributed by atoms with Gasteiger partial charge in [0, 0.05) is 18.8 Å². The molecule has 1 aromatic carbocycles. The average molecular weight is 315 g/mol. The third-order valence-corrected chi connectivity index (χ3v) is 4.30. The number of hydrogen-bond donors (Lipinski definition) is 3. The van der Waals surface area contributed by atoms with E-state index < -0.39 is 0 Å². The van der Waals surface area contributed by atoms with Gasteiger partial charge < -0.3 is 15.5 Å². The van der Waals surface area contributed by atoms with Gasteiger partial charge >= 0.3 is 0 Å². The van der Waals surface area contributed by atoms with Gasteiger partial charge in [-0.3, -0.25) is 9.48 Å². The first kappa shape index (κ1) is 15.6. The van der Waals surface area contributed by atoms with Crippen molar-refractivity contribution < 1.29 is 15.0 Å². The molecule has 3 N–H and O–H groups in total. The van der Waals surface area contributed by atoms with Crippen molar-refractivity contribution in [2.75, 3.05) is 0 Å². The molecule has 6 nitrogen and oxygen atoms in total. The number of carbonyl (C=O) groups excluding carboxylic acids is 1. The van der Waals surface area contributed by atoms with Gasteiger partial charge in [0.25, 0.3) is 0 Å². The van der Waals surface area contributed by atoms with Gasteiger partial charge in [-0.25, -0.2) is 0 Å². The first-order valence-electron chi connectivity index (χ1n) is 7.75. The topological polar surface area (TPSA) is 87.4 Å². The molecule has 1 saturated carbocycles. The van der Waals surface area contributed by atoms with Crippen LogP contribution >= 0.6 is 0 Å². The van der Waals surface area contributed by atoms with Crippen LogP contribution in [0.2, 0.25) is 0 Å². The summed E-state index contributed by atoms with van der Waals surface area (Å²) in [6.45, 7) is 0. The number of aromatic nitrogens is 2. The Hall–Kier alpha value is -2.34. The summed E-state index contributed by atoms with van der Waals surface area (Å²) in [4.78, 5) is 12.4. The van der Waals surface area contributed by atoms with Crippen LogP contribution < -0.4 is 5.32 Å². The molecule has 0 radical (unpaired) electrons. The molecule has 2 aromatic rings. The smallest absolute Gasteiger partial charge is 0.224 e. The van der Waals surface area contributed by atoms with E-state index in [2.05, 4.69) is 10.4 Å². The molecule has 6 heteroatoms. The molecule has 1 heterocycles. The highest BCUT2D eigenvalue weighted by molar-refractivity contribution is 5.79. The van der Waals surface area contributed by atoms with Crippen molar-refractivity contribution in [3.63, 3.8) is 0 Å². The maximum absolute atomic E-state index is 12.4. The predicted octanol–water partition coefficient (Wildman–Crippen LogP) is 1.30. The van der Waals surface area contributed by atoms with Gasteiger partial charge in [-0.2, -0.15) is 5.10 Å². The molecular weight excluding hydrogens is 294 g/mol. The largest absolute Gasteiger partial charge is 0.508 e. The molecule has 122 valence electrons. The normalized spacial score (nSPS) is 21.5. The van der Waals surface area contributed by atoms with Gasteiger partial charge in [-0.05, 0) is 36.5 Å². The predicted molar refractivity (Wildman–Crippen MR) is 84.6 cm³/mol. The van der Waals surface area contributed by atoms with E-state index in [1.165, 1.54) is 0 Å². The Morgan fingerprint density at radius 3 is 2.87 bits per heavy atom. The van der Waals surface area contributed by atoms with Crippen LogP contribution in [0.25, 0.3) is 0 Å². The standard InChI is InChI=1S/C17H21N3O3/c1-20-10-13(9-18-20)17(12-7-15(22)8-12)19-16(23)6-11-3-2-4-14(21)5-11/h2-5,9-10,12,15,17,21-22H,6-8H2,1H3,(H,19,23)/t12?,15?,17-/m1/s1. The molecule has 0 unspecified atom stereocenters. The van der Waals surface area contributed by atoms with Crippen molar-refractivity contribution in [2.45, 2.75) is 31.4 Å². The molecule has 0 aliphatic heterocycles. The minimum Gasteiger partial charge on any atom is -0.508 e. The SMILES string of the molecule is Cn1cc([C@H](NC(=O)Cc2cccc(O)c2)C2CC(O)C2)cn1. The minimum absolute atomic E-state index is 0.106. The Balaban J connectivity index is 1.69. The van der Waals surface area contributed by atoms with Crippen LogP contribution in [0.5, 0.6) is 5.75 Å². The van der Waals surface area contributed by atoms with E-state index in [1.54, 1.807) is 29.1 Å². The number of rotatable bonds is 5. The summed E-state index contributed by atoms with van der Waals surface area (Å²) in [6.07, 6.45) is 4.95. The number of phenols is 1. The number of nitrogens with one attached hydrogen (secondary N) is 1. The average Bonchev–Trinajstić information content (AvgIpc) is 2.88. The van der Waals surface area contributed by atoms with Crippen molar-refractivity contribution in [1.29, 1.82) is 0 Å². The van der Waals surface area contributed by atoms with Crippen molar-refractivity contribution in [1.82, 2.24) is 15.1 Å². The molecular formula is C17H21N3O3. The van der Waals surface area contributed by atoms with Crippen LogP contribution in [0.1, 0.15) is 30.0 Å². The van der Waals surface area contributed by atoms with Gasteiger partial charge in [0.15, 0.2) is 0 Å². The Morgan fingerprint density at radius 2 is 2.26 bits per heavy atom. The number of phenolic OH excluding ortho intramolecular Hbond substituents is 1. The molecule has 1 aliphatic carbocycles. The van der Waals surface area contributed by atoms with E-state index in [1.807, 2.05) is 19.3 Å². The molecule has 3 rings (SSSR count). The fourth-order valence-corrected chi connectivity index (χ4v) is 3.05. The third kappa shape index (κ3) is 3.71. The molecule has 1 atom stereocenters. The number of aromatic hydroxyl groups is 1. The maximum atomic E-state index is 12.4. The van der Waals surface area contributed by atoms with Crippen LogP contribution in [0.3, 0.4) is 0 Å². The van der Waals surface area contributed by atoms with E-state index in [4.69, 9.17) is 0 Å². The Labute approximate surface area is 134 Å². The Bertz CT molecular complexity index is 692. The number of benzene rings is 1. The molecule has 23 heavy (non-hydrogen) atoms. The number of nitrogens with zero attached hydrogens (tertiary/aromatic N) is 2. The number of hydrogen-bond acceptors (Lipinski definition) is 4. The summed E-state index contributed by atoms with van der Waals surface area (Å²) in [5.74, 6) is 0.273. The highest BCUT2D eigenvalue weighted by Gasteiger charge is 2.36. The van der Waals surface area contributed by atoms with Crippen molar-refractivity contribution in [3.8, 4) is 5.75 Å². The first-order valence-corrected chi connectivity index (χ1v) is 7.75. The lowest BCUT2D eigenvalue weighted by Crippen LogP contribution is -2.41. The summed E-state index contributed by atoms with van der Waals surface area (Å²) in [6, 6.07) is 6.56. The van der Waals surface area contributed by atoms with E-state index in [0.29, 0.717) is 12.8 Å². The third-order valence-electron chi connectivity index (χ3n) is 4.30. The van der Waals surface area contributed by atoms with E-state index in [9.17, 15) is 15.0 Å². The van der Waals surface area contributed by atoms with Gasteiger partial charge in [0.2, 0.25) is 5.91 Å². The zero-order chi connectivity index (χ0) is 16.4. The number of aliphatic hydroxyl groups is 1. The van der Waals surface area contributed by atoms with Gasteiger partial charge in [-0.1, -0.05) is 12.1 Å². The fraction of sp³-hybridized carbons (Fsp3) is 0.412. The van der Waals surface area contributed by atoms with Crippen LogP contribution in [-0.2, 0) is 18.3 Å². The quantitative estimate of drug-likeness (QED) is 0.776. The summed E-state index contributed by atoms with van der Waals surface area (Å²) in [5, 5.41) is 26.3. The number of aryl methyl sites for hydroxylation is 1. The van der Waals surface area contributed by atoms with Gasteiger partial charge in [0.05, 0.1) is 24.8 Å². The zero-order valence-electron chi connectivity index (χ0n) is 13.0. The molecule has 1 aromatic heterocycles. The lowest BCUT2D eigenvalue weighted by Gasteiger charge is -2.37. The molecule has 0 bridgehead atoms. The molecule has 0 saturated heterocycles. The van der Waals surface area contributed by atoms with Gasteiger partial charge in [0.1, 0.15) is 5.75 Å². The fourth-order valence-electron chi connectivity index (χ4n) is 3.05. The first-order chi connectivity index (χ1) is 11.0. The monoisotopic (exact) mass is 315 g/mol. The van der Waals surface area contributed by atoms with Crippen LogP contribution in [0.4, 0.5) is 0 Å². The molecule has 1 amide bonds. The zero-order valence-corrected chi connectivity index (χ0v) is 13.0. The maximum Gasteiger partial charge on any atom is 0.224 e. The van der Waals surface area contributed by atoms with Crippen molar-refractivity contribution in [3.05, 3.63) is 47.8 Å². The van der Waals surface area contributed by atoms with Crippen LogP contribution in [0, 0.1) is 5.92 Å². The number of amides is 1. The second-order valence-corrected chi connectivity index (χ2v) is 6.22. The van der Waals surface area contributed by atoms with Crippen molar-refractivity contribution >= 4 is 5.91 Å².